The van der Waals surface area contributed by atoms with E-state index in [9.17, 15) is 0 Å². The molecule has 0 radical (unpaired) electrons. The summed E-state index contributed by atoms with van der Waals surface area (Å²) in [5.74, 6) is 0. The van der Waals surface area contributed by atoms with Gasteiger partial charge in [-0.1, -0.05) is 5.16 Å². The van der Waals surface area contributed by atoms with Crippen molar-refractivity contribution in [2.75, 3.05) is 0 Å². The lowest BCUT2D eigenvalue weighted by Gasteiger charge is -1.47. The minimum absolute atomic E-state index is 1.26. The van der Waals surface area contributed by atoms with E-state index >= 15 is 0 Å². The van der Waals surface area contributed by atoms with Crippen LogP contribution in [0, 0.1) is 0 Å². The molecule has 0 unspecified atom stereocenters. The van der Waals surface area contributed by atoms with E-state index in [-0.39, 0.29) is 0 Å². The van der Waals surface area contributed by atoms with Crippen molar-refractivity contribution in [3.05, 3.63) is 92.8 Å². The Morgan fingerprint density at radius 2 is 1.67 bits per heavy atom. The van der Waals surface area contributed by atoms with Gasteiger partial charge in [-0.15, -0.1) is 21.5 Å². The van der Waals surface area contributed by atoms with Crippen molar-refractivity contribution in [3.63, 3.8) is 0 Å². The highest BCUT2D eigenvalue weighted by Crippen LogP contribution is 1.85. The normalized spacial score (nSPS) is 8.00. The standard InChI is InChI=1S/C3H4N2.C3H3NO.C3H3NS.C2H3N3.2C2H2N2O/c3*1-2-5-3-4-1;1-3-2-5-4-1;1-3-4-2-5-1;1-3-2-5-4-1/h1-3H,(H,4,5);2*1-3H;1-2H,(H,3,4,5);2*1-2H. The molecule has 0 aliphatic carbocycles. The smallest absolute Gasteiger partial charge is 0.213 e. The molecule has 0 aromatic carbocycles. The van der Waals surface area contributed by atoms with Crippen LogP contribution in [0.25, 0.3) is 0 Å². The average molecular weight is 431 g/mol. The first-order valence-electron chi connectivity index (χ1n) is 7.74. The van der Waals surface area contributed by atoms with Crippen LogP contribution < -0.4 is 0 Å². The second-order valence-electron chi connectivity index (χ2n) is 3.92. The minimum Gasteiger partial charge on any atom is -0.452 e. The molecule has 6 aromatic heterocycles. The number of aromatic nitrogens is 11. The Morgan fingerprint density at radius 3 is 1.87 bits per heavy atom. The molecule has 14 nitrogen and oxygen atoms in total. The molecular weight excluding hydrogens is 414 g/mol. The zero-order valence-electron chi connectivity index (χ0n) is 15.3. The highest BCUT2D eigenvalue weighted by molar-refractivity contribution is 7.07. The summed E-state index contributed by atoms with van der Waals surface area (Å²) < 4.78 is 13.1. The van der Waals surface area contributed by atoms with E-state index < -0.39 is 0 Å². The van der Waals surface area contributed by atoms with E-state index in [4.69, 9.17) is 0 Å². The first-order chi connectivity index (χ1) is 15.0. The predicted octanol–water partition coefficient (Wildman–Crippen LogP) is 2.17. The van der Waals surface area contributed by atoms with Crippen LogP contribution in [-0.4, -0.2) is 55.5 Å². The molecule has 0 bridgehead atoms. The number of nitrogens with zero attached hydrogens (tertiary/aromatic N) is 9. The number of aromatic amines is 2. The summed E-state index contributed by atoms with van der Waals surface area (Å²) in [4.78, 5) is 20.7. The van der Waals surface area contributed by atoms with Crippen LogP contribution in [0.5, 0.6) is 0 Å². The fourth-order valence-electron chi connectivity index (χ4n) is 1.01. The van der Waals surface area contributed by atoms with Gasteiger partial charge in [0.2, 0.25) is 19.2 Å². The number of oxazole rings is 1. The molecule has 0 saturated carbocycles. The van der Waals surface area contributed by atoms with Crippen molar-refractivity contribution in [3.8, 4) is 0 Å². The summed E-state index contributed by atoms with van der Waals surface area (Å²) in [6.45, 7) is 0. The molecule has 30 heavy (non-hydrogen) atoms. The summed E-state index contributed by atoms with van der Waals surface area (Å²) in [5.41, 5.74) is 1.79. The number of thiazole rings is 1. The Morgan fingerprint density at radius 1 is 0.733 bits per heavy atom. The first-order valence-corrected chi connectivity index (χ1v) is 8.68. The van der Waals surface area contributed by atoms with Gasteiger partial charge in [-0.05, 0) is 0 Å². The molecule has 156 valence electrons. The van der Waals surface area contributed by atoms with Gasteiger partial charge in [-0.3, -0.25) is 10.1 Å². The van der Waals surface area contributed by atoms with Crippen LogP contribution in [-0.2, 0) is 0 Å². The van der Waals surface area contributed by atoms with Gasteiger partial charge in [-0.2, -0.15) is 5.10 Å². The van der Waals surface area contributed by atoms with Gasteiger partial charge in [0.25, 0.3) is 0 Å². The summed E-state index contributed by atoms with van der Waals surface area (Å²) in [6, 6.07) is 0. The molecule has 0 atom stereocenters. The summed E-state index contributed by atoms with van der Waals surface area (Å²) in [7, 11) is 0. The molecule has 6 aromatic rings. The van der Waals surface area contributed by atoms with Crippen LogP contribution in [0.15, 0.2) is 106 Å². The minimum atomic E-state index is 1.26. The monoisotopic (exact) mass is 431 g/mol. The van der Waals surface area contributed by atoms with Crippen molar-refractivity contribution in [2.24, 2.45) is 0 Å². The lowest BCUT2D eigenvalue weighted by molar-refractivity contribution is 0.416. The number of nitrogens with one attached hydrogen (secondary N) is 2. The molecule has 0 saturated heterocycles. The SMILES string of the molecule is c1c[nH]cn1.c1cocn1.c1cscn1.c1nc[nH]n1.c1ncon1.c1nnco1. The number of hydrogen-bond donors (Lipinski definition) is 2. The molecule has 2 N–H and O–H groups in total. The van der Waals surface area contributed by atoms with Crippen LogP contribution in [0.2, 0.25) is 0 Å². The van der Waals surface area contributed by atoms with Crippen LogP contribution in [0.1, 0.15) is 0 Å². The Labute approximate surface area is 173 Å². The van der Waals surface area contributed by atoms with E-state index in [0.717, 1.165) is 0 Å². The molecule has 0 amide bonds. The maximum atomic E-state index is 4.47. The Kier molecular flexibility index (Phi) is 16.3. The Hall–Kier alpha value is -4.53. The lowest BCUT2D eigenvalue weighted by Crippen LogP contribution is -1.53. The number of imidazole rings is 1. The molecule has 0 fully saturated rings. The molecule has 0 aliphatic heterocycles. The van der Waals surface area contributed by atoms with Crippen LogP contribution >= 0.6 is 11.3 Å². The van der Waals surface area contributed by atoms with Crippen LogP contribution in [0.3, 0.4) is 0 Å². The van der Waals surface area contributed by atoms with Gasteiger partial charge in [0.15, 0.2) is 12.7 Å². The van der Waals surface area contributed by atoms with E-state index in [1.165, 1.54) is 50.8 Å². The maximum absolute atomic E-state index is 4.47. The maximum Gasteiger partial charge on any atom is 0.213 e. The third-order valence-corrected chi connectivity index (χ3v) is 2.52. The zero-order chi connectivity index (χ0) is 21.2. The second-order valence-corrected chi connectivity index (χ2v) is 4.68. The van der Waals surface area contributed by atoms with Gasteiger partial charge >= 0.3 is 0 Å². The molecule has 0 spiro atoms. The highest BCUT2D eigenvalue weighted by atomic mass is 32.1. The highest BCUT2D eigenvalue weighted by Gasteiger charge is 1.62. The second kappa shape index (κ2) is 20.8. The average Bonchev–Trinajstić information content (AvgIpc) is 3.69. The van der Waals surface area contributed by atoms with Crippen molar-refractivity contribution < 1.29 is 13.4 Å². The molecule has 15 heteroatoms. The first kappa shape index (κ1) is 23.5. The van der Waals surface area contributed by atoms with Gasteiger partial charge in [0, 0.05) is 24.0 Å². The van der Waals surface area contributed by atoms with Gasteiger partial charge in [0.1, 0.15) is 18.9 Å². The third-order valence-electron chi connectivity index (χ3n) is 2.00. The van der Waals surface area contributed by atoms with Gasteiger partial charge in [-0.25, -0.2) is 19.9 Å². The number of hydrogen-bond acceptors (Lipinski definition) is 13. The van der Waals surface area contributed by atoms with E-state index in [0.29, 0.717) is 0 Å². The Bertz CT molecular complexity index is 588. The predicted molar refractivity (Wildman–Crippen MR) is 102 cm³/mol. The largest absolute Gasteiger partial charge is 0.452 e. The lowest BCUT2D eigenvalue weighted by atomic mass is 11.0. The van der Waals surface area contributed by atoms with Crippen molar-refractivity contribution in [1.82, 2.24) is 55.5 Å². The Balaban J connectivity index is 0.000000180. The van der Waals surface area contributed by atoms with E-state index in [1.807, 2.05) is 5.38 Å². The summed E-state index contributed by atoms with van der Waals surface area (Å²) in [5, 5.41) is 17.8. The van der Waals surface area contributed by atoms with Gasteiger partial charge in [0.05, 0.1) is 18.0 Å². The fourth-order valence-corrected chi connectivity index (χ4v) is 1.36. The summed E-state index contributed by atoms with van der Waals surface area (Å²) in [6.07, 6.45) is 19.4. The van der Waals surface area contributed by atoms with Crippen LogP contribution in [0.4, 0.5) is 0 Å². The van der Waals surface area contributed by atoms with Crippen molar-refractivity contribution in [1.29, 1.82) is 0 Å². The number of rotatable bonds is 0. The molecule has 0 aliphatic rings. The molecule has 6 rings (SSSR count). The van der Waals surface area contributed by atoms with E-state index in [2.05, 4.69) is 68.8 Å². The fraction of sp³-hybridized carbons (Fsp3) is 0. The molecule has 6 heterocycles. The third kappa shape index (κ3) is 18.3. The van der Waals surface area contributed by atoms with E-state index in [1.54, 1.807) is 48.0 Å². The number of H-pyrrole nitrogens is 2. The zero-order valence-corrected chi connectivity index (χ0v) is 16.1. The van der Waals surface area contributed by atoms with Gasteiger partial charge < -0.3 is 18.3 Å². The summed E-state index contributed by atoms with van der Waals surface area (Å²) >= 11 is 1.60. The topological polar surface area (TPSA) is 187 Å². The quantitative estimate of drug-likeness (QED) is 0.357. The molecular formula is C15H17N11O3S. The van der Waals surface area contributed by atoms with Crippen molar-refractivity contribution >= 4 is 11.3 Å². The van der Waals surface area contributed by atoms with Crippen molar-refractivity contribution in [2.45, 2.75) is 0 Å².